The monoisotopic (exact) mass is 242 g/mol. The van der Waals surface area contributed by atoms with Gasteiger partial charge in [0.2, 0.25) is 6.41 Å². The molecule has 1 aromatic carbocycles. The molecule has 0 saturated heterocycles. The first-order valence-corrected chi connectivity index (χ1v) is 4.29. The number of hydrogen-bond donors (Lipinski definition) is 0. The first-order chi connectivity index (χ1) is 6.22. The molecule has 0 aliphatic heterocycles. The van der Waals surface area contributed by atoms with Gasteiger partial charge < -0.3 is 0 Å². The second-order valence-electron chi connectivity index (χ2n) is 2.51. The average Bonchev–Trinajstić information content (AvgIpc) is 2.47. The minimum absolute atomic E-state index is 0.400. The van der Waals surface area contributed by atoms with Gasteiger partial charge in [0.25, 0.3) is 0 Å². The lowest BCUT2D eigenvalue weighted by Crippen LogP contribution is -1.95. The van der Waals surface area contributed by atoms with Gasteiger partial charge in [0.1, 0.15) is 5.82 Å². The Morgan fingerprint density at radius 1 is 1.54 bits per heavy atom. The number of halogens is 2. The summed E-state index contributed by atoms with van der Waals surface area (Å²) in [6.07, 6.45) is 2.04. The maximum Gasteiger partial charge on any atom is 0.234 e. The van der Waals surface area contributed by atoms with Gasteiger partial charge in [0, 0.05) is 15.9 Å². The van der Waals surface area contributed by atoms with Crippen molar-refractivity contribution in [3.8, 4) is 0 Å². The average molecular weight is 243 g/mol. The molecule has 3 nitrogen and oxygen atoms in total. The summed E-state index contributed by atoms with van der Waals surface area (Å²) in [6.45, 7) is 0. The van der Waals surface area contributed by atoms with Gasteiger partial charge in [-0.3, -0.25) is 4.79 Å². The molecule has 0 N–H and O–H groups in total. The van der Waals surface area contributed by atoms with Crippen LogP contribution in [0.3, 0.4) is 0 Å². The van der Waals surface area contributed by atoms with Crippen LogP contribution in [0.25, 0.3) is 10.9 Å². The van der Waals surface area contributed by atoms with Gasteiger partial charge in [0.05, 0.1) is 11.7 Å². The Labute approximate surface area is 81.3 Å². The molecule has 1 heterocycles. The first-order valence-electron chi connectivity index (χ1n) is 3.50. The molecule has 2 rings (SSSR count). The summed E-state index contributed by atoms with van der Waals surface area (Å²) in [4.78, 5) is 10.5. The highest BCUT2D eigenvalue weighted by Crippen LogP contribution is 2.24. The maximum atomic E-state index is 12.9. The highest BCUT2D eigenvalue weighted by Gasteiger charge is 2.06. The van der Waals surface area contributed by atoms with Gasteiger partial charge in [-0.05, 0) is 22.0 Å². The number of benzene rings is 1. The summed E-state index contributed by atoms with van der Waals surface area (Å²) in [5.74, 6) is -0.400. The summed E-state index contributed by atoms with van der Waals surface area (Å²) >= 11 is 3.18. The predicted molar refractivity (Wildman–Crippen MR) is 49.5 cm³/mol. The quantitative estimate of drug-likeness (QED) is 0.717. The van der Waals surface area contributed by atoms with Crippen molar-refractivity contribution in [2.45, 2.75) is 0 Å². The molecule has 0 radical (unpaired) electrons. The molecule has 0 spiro atoms. The van der Waals surface area contributed by atoms with Gasteiger partial charge >= 0.3 is 0 Å². The fraction of sp³-hybridized carbons (Fsp3) is 0. The van der Waals surface area contributed by atoms with Crippen molar-refractivity contribution in [2.24, 2.45) is 0 Å². The van der Waals surface area contributed by atoms with E-state index in [1.165, 1.54) is 18.3 Å². The van der Waals surface area contributed by atoms with E-state index in [-0.39, 0.29) is 0 Å². The molecule has 0 fully saturated rings. The number of aromatic nitrogens is 2. The van der Waals surface area contributed by atoms with Crippen molar-refractivity contribution in [1.29, 1.82) is 0 Å². The summed E-state index contributed by atoms with van der Waals surface area (Å²) in [5, 5.41) is 4.48. The van der Waals surface area contributed by atoms with Crippen molar-refractivity contribution in [1.82, 2.24) is 9.78 Å². The zero-order valence-electron chi connectivity index (χ0n) is 6.37. The molecular formula is C8H4BrFN2O. The van der Waals surface area contributed by atoms with Crippen LogP contribution in [0.4, 0.5) is 4.39 Å². The van der Waals surface area contributed by atoms with Crippen molar-refractivity contribution in [2.75, 3.05) is 0 Å². The van der Waals surface area contributed by atoms with E-state index in [1.807, 2.05) is 0 Å². The molecule has 0 saturated carbocycles. The van der Waals surface area contributed by atoms with Gasteiger partial charge in [0.15, 0.2) is 0 Å². The lowest BCUT2D eigenvalue weighted by atomic mass is 10.2. The predicted octanol–water partition coefficient (Wildman–Crippen LogP) is 1.98. The fourth-order valence-electron chi connectivity index (χ4n) is 1.15. The Balaban J connectivity index is 2.89. The second kappa shape index (κ2) is 2.92. The van der Waals surface area contributed by atoms with Crippen LogP contribution < -0.4 is 0 Å². The molecule has 0 aliphatic rings. The van der Waals surface area contributed by atoms with Gasteiger partial charge in [-0.1, -0.05) is 0 Å². The number of hydrogen-bond acceptors (Lipinski definition) is 2. The van der Waals surface area contributed by atoms with Crippen LogP contribution in [0.5, 0.6) is 0 Å². The SMILES string of the molecule is O=Cn1ncc2c(Br)cc(F)cc21. The Bertz CT molecular complexity index is 480. The Hall–Kier alpha value is -1.23. The number of carbonyl (C=O) groups excluding carboxylic acids is 1. The van der Waals surface area contributed by atoms with E-state index in [4.69, 9.17) is 0 Å². The van der Waals surface area contributed by atoms with E-state index < -0.39 is 5.82 Å². The summed E-state index contributed by atoms with van der Waals surface area (Å²) in [7, 11) is 0. The molecule has 0 unspecified atom stereocenters. The van der Waals surface area contributed by atoms with Crippen LogP contribution in [-0.2, 0) is 4.79 Å². The van der Waals surface area contributed by atoms with E-state index in [1.54, 1.807) is 0 Å². The third kappa shape index (κ3) is 1.25. The molecule has 1 aromatic heterocycles. The van der Waals surface area contributed by atoms with E-state index in [0.717, 1.165) is 4.68 Å². The Morgan fingerprint density at radius 2 is 2.31 bits per heavy atom. The first kappa shape index (κ1) is 8.37. The summed E-state index contributed by atoms with van der Waals surface area (Å²) < 4.78 is 14.6. The number of nitrogens with zero attached hydrogens (tertiary/aromatic N) is 2. The molecule has 0 atom stereocenters. The van der Waals surface area contributed by atoms with Crippen molar-refractivity contribution in [3.05, 3.63) is 28.6 Å². The standard InChI is InChI=1S/C8H4BrFN2O/c9-7-1-5(10)2-8-6(7)3-11-12(8)4-13/h1-4H. The lowest BCUT2D eigenvalue weighted by Gasteiger charge is -1.95. The van der Waals surface area contributed by atoms with E-state index in [0.29, 0.717) is 21.8 Å². The smallest absolute Gasteiger partial charge is 0.234 e. The molecule has 0 bridgehead atoms. The maximum absolute atomic E-state index is 12.9. The Morgan fingerprint density at radius 3 is 3.00 bits per heavy atom. The van der Waals surface area contributed by atoms with E-state index in [2.05, 4.69) is 21.0 Å². The van der Waals surface area contributed by atoms with Crippen LogP contribution in [-0.4, -0.2) is 16.2 Å². The van der Waals surface area contributed by atoms with Crippen molar-refractivity contribution in [3.63, 3.8) is 0 Å². The molecule has 13 heavy (non-hydrogen) atoms. The third-order valence-electron chi connectivity index (χ3n) is 1.73. The number of fused-ring (bicyclic) bond motifs is 1. The zero-order chi connectivity index (χ0) is 9.42. The van der Waals surface area contributed by atoms with Crippen molar-refractivity contribution < 1.29 is 9.18 Å². The molecule has 2 aromatic rings. The van der Waals surface area contributed by atoms with Gasteiger partial charge in [-0.2, -0.15) is 5.10 Å². The largest absolute Gasteiger partial charge is 0.276 e. The highest BCUT2D eigenvalue weighted by atomic mass is 79.9. The molecule has 66 valence electrons. The normalized spacial score (nSPS) is 10.6. The lowest BCUT2D eigenvalue weighted by molar-refractivity contribution is 0.542. The number of rotatable bonds is 1. The topological polar surface area (TPSA) is 34.9 Å². The Kier molecular flexibility index (Phi) is 1.88. The fourth-order valence-corrected chi connectivity index (χ4v) is 1.68. The summed E-state index contributed by atoms with van der Waals surface area (Å²) in [5.41, 5.74) is 0.460. The minimum atomic E-state index is -0.400. The van der Waals surface area contributed by atoms with Gasteiger partial charge in [-0.25, -0.2) is 9.07 Å². The summed E-state index contributed by atoms with van der Waals surface area (Å²) in [6, 6.07) is 2.60. The third-order valence-corrected chi connectivity index (χ3v) is 2.39. The highest BCUT2D eigenvalue weighted by molar-refractivity contribution is 9.10. The van der Waals surface area contributed by atoms with Gasteiger partial charge in [-0.15, -0.1) is 0 Å². The van der Waals surface area contributed by atoms with Crippen molar-refractivity contribution >= 4 is 33.2 Å². The minimum Gasteiger partial charge on any atom is -0.276 e. The molecular weight excluding hydrogens is 239 g/mol. The van der Waals surface area contributed by atoms with E-state index >= 15 is 0 Å². The molecule has 5 heteroatoms. The van der Waals surface area contributed by atoms with Crippen LogP contribution in [0.15, 0.2) is 22.8 Å². The zero-order valence-corrected chi connectivity index (χ0v) is 7.95. The van der Waals surface area contributed by atoms with E-state index in [9.17, 15) is 9.18 Å². The second-order valence-corrected chi connectivity index (χ2v) is 3.37. The number of carbonyl (C=O) groups is 1. The molecule has 0 amide bonds. The molecule has 0 aliphatic carbocycles. The van der Waals surface area contributed by atoms with Crippen LogP contribution >= 0.6 is 15.9 Å². The van der Waals surface area contributed by atoms with Crippen LogP contribution in [0, 0.1) is 5.82 Å². The van der Waals surface area contributed by atoms with Crippen LogP contribution in [0.1, 0.15) is 0 Å². The van der Waals surface area contributed by atoms with Crippen LogP contribution in [0.2, 0.25) is 0 Å².